The first-order valence-corrected chi connectivity index (χ1v) is 15.7. The normalized spacial score (nSPS) is 26.1. The number of carbonyl (C=O) groups is 3. The number of thiol groups is 1. The molecule has 5 N–H and O–H groups in total. The smallest absolute Gasteiger partial charge is 0.303 e. The standard InChI is InChI=1S/C33H44N4O6S/c1-7-20-15(2)25(36-33(20)43)12-23-16(3)21(8-10-29(38)39)26(34-23)14-27-22(9-11-30(40)41)17(4)24(35-27)13-28-31(19(6)44)18(5)32(42)37-28/h13-14,18-19,21,25,31,34-35,44H,7-12H2,1-6H3,(H,36,43)(H,37,42)(H,38,39)(H,40,41)/p-1/t18-,19-,21?,25-,31+/m1/s1. The number of rotatable bonds is 12. The van der Waals surface area contributed by atoms with E-state index in [4.69, 9.17) is 0 Å². The minimum Gasteiger partial charge on any atom is -0.861 e. The van der Waals surface area contributed by atoms with E-state index in [1.807, 2.05) is 53.7 Å². The number of hydrogen-bond donors (Lipinski definition) is 6. The van der Waals surface area contributed by atoms with E-state index in [2.05, 4.69) is 33.2 Å². The van der Waals surface area contributed by atoms with Crippen LogP contribution < -0.4 is 15.7 Å². The molecule has 3 aliphatic heterocycles. The third kappa shape index (κ3) is 6.82. The maximum absolute atomic E-state index is 12.5. The van der Waals surface area contributed by atoms with Crippen LogP contribution in [0.1, 0.15) is 89.2 Å². The maximum atomic E-state index is 12.5. The molecule has 10 nitrogen and oxygen atoms in total. The number of carboxylic acid groups (broad SMARTS) is 2. The highest BCUT2D eigenvalue weighted by molar-refractivity contribution is 7.80. The molecule has 44 heavy (non-hydrogen) atoms. The average Bonchev–Trinajstić information content (AvgIpc) is 3.59. The zero-order valence-corrected chi connectivity index (χ0v) is 27.1. The van der Waals surface area contributed by atoms with Gasteiger partial charge in [0.15, 0.2) is 0 Å². The molecule has 0 bridgehead atoms. The van der Waals surface area contributed by atoms with Gasteiger partial charge in [0, 0.05) is 70.4 Å². The number of aliphatic carboxylic acids is 2. The molecule has 11 heteroatoms. The zero-order valence-electron chi connectivity index (χ0n) is 26.2. The molecule has 0 saturated heterocycles. The molecule has 3 aliphatic rings. The van der Waals surface area contributed by atoms with Crippen LogP contribution in [0.4, 0.5) is 0 Å². The molecule has 0 saturated carbocycles. The summed E-state index contributed by atoms with van der Waals surface area (Å²) in [6.07, 6.45) is 5.61. The predicted molar refractivity (Wildman–Crippen MR) is 172 cm³/mol. The second kappa shape index (κ2) is 13.5. The molecule has 4 rings (SSSR count). The van der Waals surface area contributed by atoms with Gasteiger partial charge >= 0.3 is 11.9 Å². The largest absolute Gasteiger partial charge is 0.861 e. The minimum atomic E-state index is -0.912. The monoisotopic (exact) mass is 623 g/mol. The molecule has 0 fully saturated rings. The van der Waals surface area contributed by atoms with Gasteiger partial charge in [-0.1, -0.05) is 20.8 Å². The molecular weight excluding hydrogens is 580 g/mol. The molecule has 0 spiro atoms. The summed E-state index contributed by atoms with van der Waals surface area (Å²) >= 11 is 4.61. The first-order valence-electron chi connectivity index (χ1n) is 15.2. The Bertz CT molecular complexity index is 1510. The average molecular weight is 624 g/mol. The molecule has 1 aromatic heterocycles. The SMILES string of the molecule is CCC1=C(C)[C@@H](CC2=C(C)C(CCC(=O)O)C(=Cc3[nH]c(C=C4N=C([O-])[C@H](C)[C@H]4[C@@H](C)S)c(C)c3CCC(=O)O)N2)NC1=O. The molecule has 238 valence electrons. The topological polar surface area (TPSA) is 167 Å². The number of carboxylic acids is 2. The fourth-order valence-corrected chi connectivity index (χ4v) is 7.10. The number of nitrogens with one attached hydrogen (secondary N) is 3. The molecule has 1 amide bonds. The first-order chi connectivity index (χ1) is 20.7. The van der Waals surface area contributed by atoms with Gasteiger partial charge in [0.1, 0.15) is 0 Å². The Morgan fingerprint density at radius 3 is 2.36 bits per heavy atom. The number of carbonyl (C=O) groups excluding carboxylic acids is 1. The third-order valence-electron chi connectivity index (χ3n) is 9.32. The number of amides is 1. The van der Waals surface area contributed by atoms with Gasteiger partial charge in [-0.25, -0.2) is 0 Å². The van der Waals surface area contributed by atoms with E-state index in [9.17, 15) is 29.7 Å². The van der Waals surface area contributed by atoms with Crippen molar-refractivity contribution in [3.63, 3.8) is 0 Å². The van der Waals surface area contributed by atoms with Crippen molar-refractivity contribution in [1.82, 2.24) is 15.6 Å². The number of H-pyrrole nitrogens is 1. The molecular formula is C33H43N4O6S-. The van der Waals surface area contributed by atoms with Crippen molar-refractivity contribution in [2.75, 3.05) is 0 Å². The van der Waals surface area contributed by atoms with E-state index in [1.165, 1.54) is 0 Å². The van der Waals surface area contributed by atoms with Crippen LogP contribution >= 0.6 is 12.6 Å². The van der Waals surface area contributed by atoms with Gasteiger partial charge in [0.25, 0.3) is 0 Å². The number of allylic oxidation sites excluding steroid dienone is 2. The Morgan fingerprint density at radius 1 is 1.09 bits per heavy atom. The second-order valence-electron chi connectivity index (χ2n) is 12.1. The minimum absolute atomic E-state index is 0.0165. The Labute approximate surface area is 263 Å². The lowest BCUT2D eigenvalue weighted by molar-refractivity contribution is -0.222. The molecule has 0 aliphatic carbocycles. The number of aromatic amines is 1. The van der Waals surface area contributed by atoms with E-state index >= 15 is 0 Å². The Hall–Kier alpha value is -3.73. The Balaban J connectivity index is 1.74. The van der Waals surface area contributed by atoms with Crippen LogP contribution in [0.25, 0.3) is 12.2 Å². The van der Waals surface area contributed by atoms with Crippen molar-refractivity contribution < 1.29 is 29.7 Å². The highest BCUT2D eigenvalue weighted by Gasteiger charge is 2.34. The van der Waals surface area contributed by atoms with E-state index < -0.39 is 11.9 Å². The molecule has 0 radical (unpaired) electrons. The first kappa shape index (κ1) is 33.2. The molecule has 1 unspecified atom stereocenters. The number of hydrogen-bond acceptors (Lipinski definition) is 7. The zero-order chi connectivity index (χ0) is 32.5. The summed E-state index contributed by atoms with van der Waals surface area (Å²) in [6.45, 7) is 11.6. The highest BCUT2D eigenvalue weighted by Crippen LogP contribution is 2.39. The van der Waals surface area contributed by atoms with Crippen molar-refractivity contribution in [2.24, 2.45) is 22.7 Å². The van der Waals surface area contributed by atoms with Crippen molar-refractivity contribution in [2.45, 2.75) is 91.4 Å². The van der Waals surface area contributed by atoms with Crippen LogP contribution in [-0.4, -0.2) is 50.2 Å². The number of aromatic nitrogens is 1. The van der Waals surface area contributed by atoms with Crippen LogP contribution in [0.15, 0.2) is 38.8 Å². The maximum Gasteiger partial charge on any atom is 0.303 e. The molecule has 5 atom stereocenters. The fraction of sp³-hybridized carbons (Fsp3) is 0.515. The number of aliphatic imine (C=N–C) groups is 1. The van der Waals surface area contributed by atoms with Gasteiger partial charge in [-0.15, -0.1) is 0 Å². The van der Waals surface area contributed by atoms with E-state index in [-0.39, 0.29) is 60.1 Å². The van der Waals surface area contributed by atoms with Crippen molar-refractivity contribution in [1.29, 1.82) is 0 Å². The summed E-state index contributed by atoms with van der Waals surface area (Å²) in [6, 6.07) is -0.145. The van der Waals surface area contributed by atoms with Gasteiger partial charge in [-0.05, 0) is 86.3 Å². The van der Waals surface area contributed by atoms with Gasteiger partial charge in [-0.2, -0.15) is 12.6 Å². The quantitative estimate of drug-likeness (QED) is 0.188. The van der Waals surface area contributed by atoms with Gasteiger partial charge in [-0.3, -0.25) is 19.4 Å². The summed E-state index contributed by atoms with van der Waals surface area (Å²) < 4.78 is 0. The lowest BCUT2D eigenvalue weighted by atomic mass is 9.90. The summed E-state index contributed by atoms with van der Waals surface area (Å²) in [5, 5.41) is 37.9. The molecule has 0 aromatic carbocycles. The summed E-state index contributed by atoms with van der Waals surface area (Å²) in [5.74, 6) is -2.64. The Morgan fingerprint density at radius 2 is 1.77 bits per heavy atom. The fourth-order valence-electron chi connectivity index (χ4n) is 6.69. The number of nitrogens with zero attached hydrogens (tertiary/aromatic N) is 1. The van der Waals surface area contributed by atoms with Gasteiger partial charge in [0.2, 0.25) is 5.91 Å². The third-order valence-corrected chi connectivity index (χ3v) is 9.64. The van der Waals surface area contributed by atoms with Crippen LogP contribution in [0.2, 0.25) is 0 Å². The van der Waals surface area contributed by atoms with Crippen LogP contribution in [-0.2, 0) is 20.8 Å². The Kier molecular flexibility index (Phi) is 10.2. The van der Waals surface area contributed by atoms with Gasteiger partial charge in [0.05, 0.1) is 6.04 Å². The molecule has 4 heterocycles. The highest BCUT2D eigenvalue weighted by atomic mass is 32.1. The summed E-state index contributed by atoms with van der Waals surface area (Å²) in [7, 11) is 0. The van der Waals surface area contributed by atoms with Crippen LogP contribution in [0.5, 0.6) is 0 Å². The second-order valence-corrected chi connectivity index (χ2v) is 13.0. The van der Waals surface area contributed by atoms with Crippen LogP contribution in [0, 0.1) is 24.7 Å². The van der Waals surface area contributed by atoms with Crippen molar-refractivity contribution >= 4 is 48.5 Å². The van der Waals surface area contributed by atoms with E-state index in [1.54, 1.807) is 0 Å². The van der Waals surface area contributed by atoms with Crippen LogP contribution in [0.3, 0.4) is 0 Å². The summed E-state index contributed by atoms with van der Waals surface area (Å²) in [5.41, 5.74) is 8.39. The van der Waals surface area contributed by atoms with E-state index in [0.717, 1.165) is 50.6 Å². The predicted octanol–water partition coefficient (Wildman–Crippen LogP) is 4.34. The van der Waals surface area contributed by atoms with Gasteiger partial charge < -0.3 is 30.9 Å². The lowest BCUT2D eigenvalue weighted by Crippen LogP contribution is -2.30. The van der Waals surface area contributed by atoms with E-state index in [0.29, 0.717) is 25.0 Å². The van der Waals surface area contributed by atoms with Crippen molar-refractivity contribution in [3.05, 3.63) is 56.3 Å². The van der Waals surface area contributed by atoms with Crippen molar-refractivity contribution in [3.8, 4) is 0 Å². The molecule has 1 aromatic rings. The summed E-state index contributed by atoms with van der Waals surface area (Å²) in [4.78, 5) is 43.3. The lowest BCUT2D eigenvalue weighted by Gasteiger charge is -2.22.